The monoisotopic (exact) mass is 208 g/mol. The number of benzene rings is 1. The van der Waals surface area contributed by atoms with Crippen molar-refractivity contribution in [2.45, 2.75) is 18.4 Å². The average molecular weight is 208 g/mol. The highest BCUT2D eigenvalue weighted by atomic mass is 19.1. The van der Waals surface area contributed by atoms with E-state index in [0.717, 1.165) is 25.9 Å². The Morgan fingerprint density at radius 2 is 2.07 bits per heavy atom. The van der Waals surface area contributed by atoms with Crippen molar-refractivity contribution in [3.05, 3.63) is 35.6 Å². The van der Waals surface area contributed by atoms with Crippen molar-refractivity contribution in [2.75, 3.05) is 20.1 Å². The van der Waals surface area contributed by atoms with Gasteiger partial charge in [-0.05, 0) is 44.1 Å². The van der Waals surface area contributed by atoms with Crippen molar-refractivity contribution < 1.29 is 4.39 Å². The standard InChI is InChI=1S/C12H17FN2/c1-14-12(7-2-8-15-9-12)10-3-5-11(13)6-4-10/h3-6,14-15H,2,7-9H2,1H3. The molecule has 1 heterocycles. The summed E-state index contributed by atoms with van der Waals surface area (Å²) in [7, 11) is 1.97. The van der Waals surface area contributed by atoms with Gasteiger partial charge in [-0.1, -0.05) is 12.1 Å². The molecule has 1 saturated heterocycles. The molecule has 1 aliphatic heterocycles. The number of hydrogen-bond acceptors (Lipinski definition) is 2. The van der Waals surface area contributed by atoms with Crippen LogP contribution < -0.4 is 10.6 Å². The highest BCUT2D eigenvalue weighted by Gasteiger charge is 2.31. The number of nitrogens with one attached hydrogen (secondary N) is 2. The number of halogens is 1. The zero-order valence-corrected chi connectivity index (χ0v) is 9.02. The van der Waals surface area contributed by atoms with E-state index in [9.17, 15) is 4.39 Å². The van der Waals surface area contributed by atoms with Crippen LogP contribution in [0.1, 0.15) is 18.4 Å². The van der Waals surface area contributed by atoms with E-state index in [1.165, 1.54) is 17.7 Å². The van der Waals surface area contributed by atoms with Crippen LogP contribution in [0, 0.1) is 5.82 Å². The second kappa shape index (κ2) is 4.29. The van der Waals surface area contributed by atoms with Gasteiger partial charge in [-0.3, -0.25) is 0 Å². The first-order valence-electron chi connectivity index (χ1n) is 5.42. The molecule has 0 spiro atoms. The van der Waals surface area contributed by atoms with Gasteiger partial charge in [0, 0.05) is 6.54 Å². The summed E-state index contributed by atoms with van der Waals surface area (Å²) < 4.78 is 12.8. The number of rotatable bonds is 2. The Morgan fingerprint density at radius 1 is 1.33 bits per heavy atom. The Balaban J connectivity index is 2.28. The van der Waals surface area contributed by atoms with Gasteiger partial charge >= 0.3 is 0 Å². The Kier molecular flexibility index (Phi) is 3.03. The first kappa shape index (κ1) is 10.6. The fourth-order valence-corrected chi connectivity index (χ4v) is 2.28. The van der Waals surface area contributed by atoms with E-state index in [-0.39, 0.29) is 11.4 Å². The molecular formula is C12H17FN2. The van der Waals surface area contributed by atoms with Crippen molar-refractivity contribution in [1.82, 2.24) is 10.6 Å². The van der Waals surface area contributed by atoms with E-state index in [1.54, 1.807) is 0 Å². The zero-order chi connectivity index (χ0) is 10.7. The van der Waals surface area contributed by atoms with Crippen LogP contribution in [0.3, 0.4) is 0 Å². The van der Waals surface area contributed by atoms with E-state index in [0.29, 0.717) is 0 Å². The molecule has 0 aliphatic carbocycles. The first-order valence-corrected chi connectivity index (χ1v) is 5.42. The van der Waals surface area contributed by atoms with Gasteiger partial charge < -0.3 is 10.6 Å². The molecule has 0 amide bonds. The van der Waals surface area contributed by atoms with Crippen molar-refractivity contribution in [2.24, 2.45) is 0 Å². The second-order valence-electron chi connectivity index (χ2n) is 4.12. The van der Waals surface area contributed by atoms with Crippen LogP contribution >= 0.6 is 0 Å². The molecule has 0 radical (unpaired) electrons. The molecular weight excluding hydrogens is 191 g/mol. The Morgan fingerprint density at radius 3 is 2.60 bits per heavy atom. The number of likely N-dealkylation sites (N-methyl/N-ethyl adjacent to an activating group) is 1. The SMILES string of the molecule is CNC1(c2ccc(F)cc2)CCCNC1. The third kappa shape index (κ3) is 2.03. The lowest BCUT2D eigenvalue weighted by Gasteiger charge is -2.38. The molecule has 82 valence electrons. The van der Waals surface area contributed by atoms with E-state index in [4.69, 9.17) is 0 Å². The van der Waals surface area contributed by atoms with E-state index < -0.39 is 0 Å². The predicted molar refractivity (Wildman–Crippen MR) is 59.2 cm³/mol. The van der Waals surface area contributed by atoms with E-state index >= 15 is 0 Å². The Labute approximate surface area is 89.9 Å². The van der Waals surface area contributed by atoms with Crippen LogP contribution in [0.15, 0.2) is 24.3 Å². The molecule has 15 heavy (non-hydrogen) atoms. The number of piperidine rings is 1. The smallest absolute Gasteiger partial charge is 0.123 e. The summed E-state index contributed by atoms with van der Waals surface area (Å²) >= 11 is 0. The summed E-state index contributed by atoms with van der Waals surface area (Å²) in [5, 5.41) is 6.75. The molecule has 0 saturated carbocycles. The lowest BCUT2D eigenvalue weighted by molar-refractivity contribution is 0.269. The topological polar surface area (TPSA) is 24.1 Å². The molecule has 2 nitrogen and oxygen atoms in total. The summed E-state index contributed by atoms with van der Waals surface area (Å²) in [6, 6.07) is 6.81. The quantitative estimate of drug-likeness (QED) is 0.772. The molecule has 3 heteroatoms. The Hall–Kier alpha value is -0.930. The molecule has 1 fully saturated rings. The summed E-state index contributed by atoms with van der Waals surface area (Å²) in [5.74, 6) is -0.172. The summed E-state index contributed by atoms with van der Waals surface area (Å²) in [4.78, 5) is 0. The highest BCUT2D eigenvalue weighted by Crippen LogP contribution is 2.27. The predicted octanol–water partition coefficient (Wildman–Crippen LogP) is 1.62. The third-order valence-corrected chi connectivity index (χ3v) is 3.26. The van der Waals surface area contributed by atoms with Crippen molar-refractivity contribution in [3.63, 3.8) is 0 Å². The molecule has 1 aromatic rings. The lowest BCUT2D eigenvalue weighted by atomic mass is 9.83. The molecule has 1 atom stereocenters. The maximum absolute atomic E-state index is 12.8. The molecule has 2 rings (SSSR count). The van der Waals surface area contributed by atoms with Crippen molar-refractivity contribution in [3.8, 4) is 0 Å². The average Bonchev–Trinajstić information content (AvgIpc) is 2.31. The maximum atomic E-state index is 12.8. The minimum Gasteiger partial charge on any atom is -0.315 e. The van der Waals surface area contributed by atoms with Gasteiger partial charge in [-0.2, -0.15) is 0 Å². The summed E-state index contributed by atoms with van der Waals surface area (Å²) in [6.45, 7) is 1.99. The normalized spacial score (nSPS) is 26.5. The van der Waals surface area contributed by atoms with Gasteiger partial charge in [-0.25, -0.2) is 4.39 Å². The van der Waals surface area contributed by atoms with Gasteiger partial charge in [0.15, 0.2) is 0 Å². The summed E-state index contributed by atoms with van der Waals surface area (Å²) in [6.07, 6.45) is 2.25. The second-order valence-corrected chi connectivity index (χ2v) is 4.12. The van der Waals surface area contributed by atoms with Crippen LogP contribution in [0.4, 0.5) is 4.39 Å². The molecule has 2 N–H and O–H groups in total. The van der Waals surface area contributed by atoms with Crippen LogP contribution in [0.2, 0.25) is 0 Å². The number of hydrogen-bond donors (Lipinski definition) is 2. The fourth-order valence-electron chi connectivity index (χ4n) is 2.28. The lowest BCUT2D eigenvalue weighted by Crippen LogP contribution is -2.51. The minimum absolute atomic E-state index is 0.0219. The van der Waals surface area contributed by atoms with Crippen LogP contribution in [0.25, 0.3) is 0 Å². The van der Waals surface area contributed by atoms with Crippen LogP contribution in [-0.2, 0) is 5.54 Å². The minimum atomic E-state index is -0.172. The van der Waals surface area contributed by atoms with Crippen LogP contribution in [0.5, 0.6) is 0 Å². The fraction of sp³-hybridized carbons (Fsp3) is 0.500. The molecule has 0 bridgehead atoms. The van der Waals surface area contributed by atoms with Gasteiger partial charge in [0.25, 0.3) is 0 Å². The first-order chi connectivity index (χ1) is 7.27. The van der Waals surface area contributed by atoms with E-state index in [2.05, 4.69) is 10.6 Å². The molecule has 1 aromatic carbocycles. The van der Waals surface area contributed by atoms with E-state index in [1.807, 2.05) is 19.2 Å². The zero-order valence-electron chi connectivity index (χ0n) is 9.02. The summed E-state index contributed by atoms with van der Waals surface area (Å²) in [5.41, 5.74) is 1.14. The van der Waals surface area contributed by atoms with Crippen molar-refractivity contribution >= 4 is 0 Å². The highest BCUT2D eigenvalue weighted by molar-refractivity contribution is 5.26. The Bertz CT molecular complexity index is 315. The molecule has 1 aliphatic rings. The molecule has 1 unspecified atom stereocenters. The third-order valence-electron chi connectivity index (χ3n) is 3.26. The van der Waals surface area contributed by atoms with Gasteiger partial charge in [0.2, 0.25) is 0 Å². The van der Waals surface area contributed by atoms with Crippen molar-refractivity contribution in [1.29, 1.82) is 0 Å². The van der Waals surface area contributed by atoms with Crippen LogP contribution in [-0.4, -0.2) is 20.1 Å². The van der Waals surface area contributed by atoms with Gasteiger partial charge in [0.1, 0.15) is 5.82 Å². The molecule has 0 aromatic heterocycles. The largest absolute Gasteiger partial charge is 0.315 e. The maximum Gasteiger partial charge on any atom is 0.123 e. The van der Waals surface area contributed by atoms with Gasteiger partial charge in [0.05, 0.1) is 5.54 Å². The van der Waals surface area contributed by atoms with Gasteiger partial charge in [-0.15, -0.1) is 0 Å².